The number of nitrogen functional groups attached to an aromatic ring is 1. The van der Waals surface area contributed by atoms with Crippen LogP contribution < -0.4 is 5.73 Å². The number of hydrogen-bond donors (Lipinski definition) is 2. The lowest BCUT2D eigenvalue weighted by Crippen LogP contribution is -2.47. The van der Waals surface area contributed by atoms with E-state index < -0.39 is 9.84 Å². The fraction of sp³-hybridized carbons (Fsp3) is 0.333. The Labute approximate surface area is 248 Å². The fourth-order valence-corrected chi connectivity index (χ4v) is 7.77. The highest BCUT2D eigenvalue weighted by Crippen LogP contribution is 2.45. The van der Waals surface area contributed by atoms with Gasteiger partial charge in [-0.05, 0) is 38.7 Å². The van der Waals surface area contributed by atoms with Crippen molar-refractivity contribution in [2.75, 3.05) is 12.0 Å². The zero-order valence-corrected chi connectivity index (χ0v) is 24.6. The Morgan fingerprint density at radius 1 is 1.02 bits per heavy atom. The number of benzene rings is 1. The van der Waals surface area contributed by atoms with E-state index in [-0.39, 0.29) is 41.0 Å². The summed E-state index contributed by atoms with van der Waals surface area (Å²) in [6.45, 7) is 1.80. The molecule has 2 fully saturated rings. The van der Waals surface area contributed by atoms with E-state index in [1.807, 2.05) is 47.4 Å². The molecule has 0 saturated carbocycles. The van der Waals surface area contributed by atoms with Crippen LogP contribution in [0, 0.1) is 6.92 Å². The number of pyridine rings is 1. The number of H-pyrrole nitrogens is 1. The topological polar surface area (TPSA) is 165 Å². The molecule has 1 amide bonds. The second-order valence-corrected chi connectivity index (χ2v) is 13.4. The quantitative estimate of drug-likeness (QED) is 0.299. The van der Waals surface area contributed by atoms with Gasteiger partial charge in [-0.2, -0.15) is 14.7 Å². The van der Waals surface area contributed by atoms with Crippen LogP contribution in [-0.2, 0) is 21.1 Å². The molecule has 2 atom stereocenters. The number of aromatic amines is 1. The Balaban J connectivity index is 1.24. The Morgan fingerprint density at radius 2 is 1.77 bits per heavy atom. The molecule has 0 spiro atoms. The third-order valence-corrected chi connectivity index (χ3v) is 9.70. The van der Waals surface area contributed by atoms with Gasteiger partial charge in [-0.3, -0.25) is 14.9 Å². The predicted octanol–water partition coefficient (Wildman–Crippen LogP) is 3.35. The molecule has 43 heavy (non-hydrogen) atoms. The average molecular weight is 598 g/mol. The number of nitrogens with zero attached hydrogens (tertiary/aromatic N) is 7. The van der Waals surface area contributed by atoms with Gasteiger partial charge in [0, 0.05) is 47.1 Å². The van der Waals surface area contributed by atoms with Crippen LogP contribution in [0.2, 0.25) is 0 Å². The Hall–Kier alpha value is -4.65. The van der Waals surface area contributed by atoms with Crippen molar-refractivity contribution < 1.29 is 13.2 Å². The SMILES string of the molecule is Cc1nc(CC(=O)N2C3CCC2CC(c2nc4c(-c5ccc(-c6ccccc6)nc5)cnn4c(N)c2S(C)(=O)=O)C3)n[nH]1. The van der Waals surface area contributed by atoms with E-state index in [2.05, 4.69) is 25.3 Å². The maximum atomic E-state index is 13.3. The smallest absolute Gasteiger partial charge is 0.230 e. The van der Waals surface area contributed by atoms with Gasteiger partial charge in [0.25, 0.3) is 0 Å². The van der Waals surface area contributed by atoms with Crippen molar-refractivity contribution in [3.63, 3.8) is 0 Å². The van der Waals surface area contributed by atoms with Crippen LogP contribution in [0.25, 0.3) is 28.0 Å². The predicted molar refractivity (Wildman–Crippen MR) is 160 cm³/mol. The number of hydrogen-bond acceptors (Lipinski definition) is 9. The molecule has 3 N–H and O–H groups in total. The highest BCUT2D eigenvalue weighted by Gasteiger charge is 2.45. The van der Waals surface area contributed by atoms with Crippen molar-refractivity contribution in [1.29, 1.82) is 0 Å². The van der Waals surface area contributed by atoms with Gasteiger partial charge in [0.2, 0.25) is 5.91 Å². The first-order valence-corrected chi connectivity index (χ1v) is 16.1. The summed E-state index contributed by atoms with van der Waals surface area (Å²) in [5.41, 5.74) is 10.8. The van der Waals surface area contributed by atoms with Gasteiger partial charge in [-0.15, -0.1) is 0 Å². The molecule has 2 bridgehead atoms. The van der Waals surface area contributed by atoms with Gasteiger partial charge < -0.3 is 10.6 Å². The van der Waals surface area contributed by atoms with E-state index in [1.165, 1.54) is 4.52 Å². The molecule has 5 aromatic rings. The molecule has 2 unspecified atom stereocenters. The number of sulfone groups is 1. The number of anilines is 1. The summed E-state index contributed by atoms with van der Waals surface area (Å²) >= 11 is 0. The first-order chi connectivity index (χ1) is 20.7. The minimum absolute atomic E-state index is 0.00701. The second-order valence-electron chi connectivity index (χ2n) is 11.4. The van der Waals surface area contributed by atoms with E-state index in [9.17, 15) is 13.2 Å². The minimum Gasteiger partial charge on any atom is -0.382 e. The van der Waals surface area contributed by atoms with Crippen LogP contribution in [0.5, 0.6) is 0 Å². The Kier molecular flexibility index (Phi) is 6.49. The summed E-state index contributed by atoms with van der Waals surface area (Å²) in [5.74, 6) is 0.974. The second kappa shape index (κ2) is 10.3. The molecule has 0 radical (unpaired) electrons. The third-order valence-electron chi connectivity index (χ3n) is 8.54. The molecule has 6 heterocycles. The molecule has 4 aromatic heterocycles. The van der Waals surface area contributed by atoms with Crippen molar-refractivity contribution in [3.05, 3.63) is 72.2 Å². The standard InChI is InChI=1S/C30H31N9O3S/c1-17-34-25(37-36-17)14-26(40)38-21-9-10-22(38)13-20(12-21)27-28(43(2,41)42)29(31)39-30(35-27)23(16-33-39)19-8-11-24(32-15-19)18-6-4-3-5-7-18/h3-8,11,15-16,20-22H,9-10,12-14,31H2,1-2H3,(H,34,36,37). The van der Waals surface area contributed by atoms with Gasteiger partial charge >= 0.3 is 0 Å². The zero-order chi connectivity index (χ0) is 29.9. The van der Waals surface area contributed by atoms with E-state index >= 15 is 0 Å². The number of rotatable bonds is 6. The normalized spacial score (nSPS) is 20.1. The minimum atomic E-state index is -3.74. The average Bonchev–Trinajstić information content (AvgIpc) is 3.68. The lowest BCUT2D eigenvalue weighted by atomic mass is 9.87. The van der Waals surface area contributed by atoms with E-state index in [4.69, 9.17) is 10.7 Å². The third kappa shape index (κ3) is 4.83. The number of nitrogens with one attached hydrogen (secondary N) is 1. The van der Waals surface area contributed by atoms with Gasteiger partial charge in [0.15, 0.2) is 21.3 Å². The summed E-state index contributed by atoms with van der Waals surface area (Å²) < 4.78 is 27.6. The highest BCUT2D eigenvalue weighted by molar-refractivity contribution is 7.91. The van der Waals surface area contributed by atoms with Crippen molar-refractivity contribution in [2.45, 2.75) is 61.9 Å². The molecular formula is C30H31N9O3S. The van der Waals surface area contributed by atoms with Crippen molar-refractivity contribution in [3.8, 4) is 22.4 Å². The van der Waals surface area contributed by atoms with Crippen LogP contribution >= 0.6 is 0 Å². The maximum Gasteiger partial charge on any atom is 0.230 e. The maximum absolute atomic E-state index is 13.3. The molecule has 0 aliphatic carbocycles. The number of aromatic nitrogens is 7. The van der Waals surface area contributed by atoms with Gasteiger partial charge in [-0.1, -0.05) is 36.4 Å². The lowest BCUT2D eigenvalue weighted by molar-refractivity contribution is -0.135. The molecule has 12 nitrogen and oxygen atoms in total. The molecule has 1 aromatic carbocycles. The molecular weight excluding hydrogens is 566 g/mol. The Morgan fingerprint density at radius 3 is 2.40 bits per heavy atom. The number of nitrogens with two attached hydrogens (primary N) is 1. The van der Waals surface area contributed by atoms with E-state index in [0.29, 0.717) is 41.4 Å². The summed E-state index contributed by atoms with van der Waals surface area (Å²) in [6, 6.07) is 13.7. The fourth-order valence-electron chi connectivity index (χ4n) is 6.71. The molecule has 2 aliphatic rings. The first kappa shape index (κ1) is 27.2. The largest absolute Gasteiger partial charge is 0.382 e. The molecule has 2 saturated heterocycles. The summed E-state index contributed by atoms with van der Waals surface area (Å²) in [7, 11) is -3.74. The summed E-state index contributed by atoms with van der Waals surface area (Å²) in [4.78, 5) is 29.2. The monoisotopic (exact) mass is 597 g/mol. The number of carbonyl (C=O) groups excluding carboxylic acids is 1. The van der Waals surface area contributed by atoms with Crippen LogP contribution in [0.15, 0.2) is 59.8 Å². The van der Waals surface area contributed by atoms with Crippen molar-refractivity contribution in [2.24, 2.45) is 0 Å². The van der Waals surface area contributed by atoms with Gasteiger partial charge in [0.05, 0.1) is 24.0 Å². The number of aryl methyl sites for hydroxylation is 1. The summed E-state index contributed by atoms with van der Waals surface area (Å²) in [6.07, 6.45) is 7.58. The number of amides is 1. The van der Waals surface area contributed by atoms with E-state index in [1.54, 1.807) is 19.3 Å². The van der Waals surface area contributed by atoms with Crippen LogP contribution in [-0.4, -0.2) is 72.3 Å². The van der Waals surface area contributed by atoms with E-state index in [0.717, 1.165) is 35.9 Å². The van der Waals surface area contributed by atoms with Crippen LogP contribution in [0.4, 0.5) is 5.82 Å². The Bertz CT molecular complexity index is 1940. The molecule has 220 valence electrons. The first-order valence-electron chi connectivity index (χ1n) is 14.3. The lowest BCUT2D eigenvalue weighted by Gasteiger charge is -2.39. The highest BCUT2D eigenvalue weighted by atomic mass is 32.2. The zero-order valence-electron chi connectivity index (χ0n) is 23.8. The molecule has 7 rings (SSSR count). The number of carbonyl (C=O) groups is 1. The summed E-state index contributed by atoms with van der Waals surface area (Å²) in [5, 5.41) is 11.3. The molecule has 2 aliphatic heterocycles. The molecule has 13 heteroatoms. The number of piperidine rings is 1. The van der Waals surface area contributed by atoms with Crippen molar-refractivity contribution >= 4 is 27.2 Å². The van der Waals surface area contributed by atoms with Crippen LogP contribution in [0.3, 0.4) is 0 Å². The van der Waals surface area contributed by atoms with Crippen LogP contribution in [0.1, 0.15) is 48.9 Å². The van der Waals surface area contributed by atoms with Crippen molar-refractivity contribution in [1.82, 2.24) is 39.7 Å². The van der Waals surface area contributed by atoms with Gasteiger partial charge in [-0.25, -0.2) is 18.4 Å². The van der Waals surface area contributed by atoms with Gasteiger partial charge in [0.1, 0.15) is 16.5 Å². The number of fused-ring (bicyclic) bond motifs is 3.